The van der Waals surface area contributed by atoms with Crippen LogP contribution in [-0.2, 0) is 0 Å². The Bertz CT molecular complexity index is 1070. The summed E-state index contributed by atoms with van der Waals surface area (Å²) in [5.74, 6) is 0.152. The molecule has 32 heavy (non-hydrogen) atoms. The van der Waals surface area contributed by atoms with Crippen LogP contribution in [0.15, 0.2) is 54.6 Å². The number of benzene rings is 2. The van der Waals surface area contributed by atoms with Crippen molar-refractivity contribution in [2.45, 2.75) is 25.8 Å². The van der Waals surface area contributed by atoms with E-state index in [2.05, 4.69) is 15.5 Å². The number of amides is 2. The van der Waals surface area contributed by atoms with E-state index in [1.54, 1.807) is 47.4 Å². The van der Waals surface area contributed by atoms with E-state index in [0.717, 1.165) is 11.3 Å². The topological polar surface area (TPSA) is 87.3 Å². The fourth-order valence-corrected chi connectivity index (χ4v) is 3.74. The average Bonchev–Trinajstić information content (AvgIpc) is 3.31. The summed E-state index contributed by atoms with van der Waals surface area (Å²) in [6, 6.07) is 14.7. The predicted octanol–water partition coefficient (Wildman–Crippen LogP) is 3.65. The molecule has 1 aromatic heterocycles. The van der Waals surface area contributed by atoms with Gasteiger partial charge in [0.2, 0.25) is 0 Å². The molecule has 0 saturated carbocycles. The Balaban J connectivity index is 1.29. The molecule has 0 aliphatic carbocycles. The Morgan fingerprint density at radius 3 is 2.47 bits per heavy atom. The second kappa shape index (κ2) is 9.64. The highest BCUT2D eigenvalue weighted by atomic mass is 19.1. The number of carbonyl (C=O) groups is 2. The summed E-state index contributed by atoms with van der Waals surface area (Å²) in [6.45, 7) is 3.64. The third kappa shape index (κ3) is 4.96. The Morgan fingerprint density at radius 1 is 1.12 bits per heavy atom. The van der Waals surface area contributed by atoms with Crippen molar-refractivity contribution >= 4 is 11.8 Å². The number of ether oxygens (including phenoxy) is 1. The quantitative estimate of drug-likeness (QED) is 0.618. The molecule has 0 radical (unpaired) electrons. The summed E-state index contributed by atoms with van der Waals surface area (Å²) in [4.78, 5) is 27.1. The molecule has 0 unspecified atom stereocenters. The van der Waals surface area contributed by atoms with Gasteiger partial charge in [-0.15, -0.1) is 0 Å². The summed E-state index contributed by atoms with van der Waals surface area (Å²) in [6.07, 6.45) is 1.35. The number of halogens is 1. The van der Waals surface area contributed by atoms with E-state index in [1.807, 2.05) is 6.92 Å². The van der Waals surface area contributed by atoms with Crippen molar-refractivity contribution in [3.05, 3.63) is 71.7 Å². The Labute approximate surface area is 185 Å². The van der Waals surface area contributed by atoms with Crippen molar-refractivity contribution < 1.29 is 18.7 Å². The molecule has 4 rings (SSSR count). The second-order valence-electron chi connectivity index (χ2n) is 7.67. The lowest BCUT2D eigenvalue weighted by molar-refractivity contribution is 0.0697. The van der Waals surface area contributed by atoms with Gasteiger partial charge in [-0.05, 0) is 74.4 Å². The molecule has 2 aromatic carbocycles. The van der Waals surface area contributed by atoms with Crippen LogP contribution in [0.5, 0.6) is 5.75 Å². The van der Waals surface area contributed by atoms with Crippen molar-refractivity contribution in [1.29, 1.82) is 0 Å². The van der Waals surface area contributed by atoms with Crippen molar-refractivity contribution in [2.75, 3.05) is 19.7 Å². The van der Waals surface area contributed by atoms with Gasteiger partial charge in [0.05, 0.1) is 12.3 Å². The van der Waals surface area contributed by atoms with Crippen molar-refractivity contribution in [2.24, 2.45) is 0 Å². The number of carbonyl (C=O) groups excluding carboxylic acids is 2. The van der Waals surface area contributed by atoms with Crippen LogP contribution in [0.25, 0.3) is 11.3 Å². The number of hydrogen-bond acceptors (Lipinski definition) is 4. The second-order valence-corrected chi connectivity index (χ2v) is 7.67. The lowest BCUT2D eigenvalue weighted by Crippen LogP contribution is -2.46. The molecule has 2 N–H and O–H groups in total. The molecular weight excluding hydrogens is 411 g/mol. The van der Waals surface area contributed by atoms with Crippen molar-refractivity contribution in [3.8, 4) is 17.0 Å². The summed E-state index contributed by atoms with van der Waals surface area (Å²) in [7, 11) is 0. The molecule has 7 nitrogen and oxygen atoms in total. The average molecular weight is 436 g/mol. The summed E-state index contributed by atoms with van der Waals surface area (Å²) in [5.41, 5.74) is 2.27. The fourth-order valence-electron chi connectivity index (χ4n) is 3.74. The van der Waals surface area contributed by atoms with E-state index in [-0.39, 0.29) is 23.7 Å². The van der Waals surface area contributed by atoms with Gasteiger partial charge >= 0.3 is 0 Å². The number of rotatable bonds is 6. The number of H-pyrrole nitrogens is 1. The first-order valence-corrected chi connectivity index (χ1v) is 10.7. The summed E-state index contributed by atoms with van der Waals surface area (Å²) < 4.78 is 18.5. The molecular formula is C24H25FN4O3. The molecule has 2 amide bonds. The number of piperidine rings is 1. The zero-order valence-corrected chi connectivity index (χ0v) is 17.8. The minimum atomic E-state index is -0.324. The maximum atomic E-state index is 13.1. The van der Waals surface area contributed by atoms with Gasteiger partial charge in [0.15, 0.2) is 0 Å². The van der Waals surface area contributed by atoms with E-state index >= 15 is 0 Å². The highest BCUT2D eigenvalue weighted by molar-refractivity contribution is 5.95. The SMILES string of the molecule is CCOc1ccc(C(=O)N2CCC(NC(=O)c3cc(-c4ccc(F)cc4)n[nH]3)CC2)cc1. The first kappa shape index (κ1) is 21.5. The van der Waals surface area contributed by atoms with Crippen LogP contribution in [0, 0.1) is 5.82 Å². The van der Waals surface area contributed by atoms with Crippen LogP contribution in [0.1, 0.15) is 40.6 Å². The monoisotopic (exact) mass is 436 g/mol. The smallest absolute Gasteiger partial charge is 0.269 e. The van der Waals surface area contributed by atoms with Crippen LogP contribution in [0.3, 0.4) is 0 Å². The highest BCUT2D eigenvalue weighted by Gasteiger charge is 2.25. The van der Waals surface area contributed by atoms with E-state index < -0.39 is 0 Å². The van der Waals surface area contributed by atoms with Gasteiger partial charge in [-0.3, -0.25) is 14.7 Å². The minimum absolute atomic E-state index is 0.0182. The van der Waals surface area contributed by atoms with Crippen molar-refractivity contribution in [1.82, 2.24) is 20.4 Å². The number of nitrogens with zero attached hydrogens (tertiary/aromatic N) is 2. The minimum Gasteiger partial charge on any atom is -0.494 e. The number of nitrogens with one attached hydrogen (secondary N) is 2. The van der Waals surface area contributed by atoms with Gasteiger partial charge in [-0.1, -0.05) is 0 Å². The Morgan fingerprint density at radius 2 is 1.81 bits per heavy atom. The van der Waals surface area contributed by atoms with Gasteiger partial charge in [0.1, 0.15) is 17.3 Å². The van der Waals surface area contributed by atoms with Crippen LogP contribution >= 0.6 is 0 Å². The largest absolute Gasteiger partial charge is 0.494 e. The number of likely N-dealkylation sites (tertiary alicyclic amines) is 1. The highest BCUT2D eigenvalue weighted by Crippen LogP contribution is 2.20. The fraction of sp³-hybridized carbons (Fsp3) is 0.292. The zero-order chi connectivity index (χ0) is 22.5. The first-order chi connectivity index (χ1) is 15.5. The Hall–Kier alpha value is -3.68. The van der Waals surface area contributed by atoms with Gasteiger partial charge in [-0.2, -0.15) is 5.10 Å². The maximum Gasteiger partial charge on any atom is 0.269 e. The number of aromatic nitrogens is 2. The van der Waals surface area contributed by atoms with Crippen LogP contribution < -0.4 is 10.1 Å². The molecule has 8 heteroatoms. The van der Waals surface area contributed by atoms with Gasteiger partial charge in [0.25, 0.3) is 11.8 Å². The normalized spacial score (nSPS) is 14.2. The molecule has 1 fully saturated rings. The third-order valence-corrected chi connectivity index (χ3v) is 5.49. The van der Waals surface area contributed by atoms with Gasteiger partial charge in [0, 0.05) is 30.3 Å². The lowest BCUT2D eigenvalue weighted by atomic mass is 10.0. The zero-order valence-electron chi connectivity index (χ0n) is 17.8. The van der Waals surface area contributed by atoms with Crippen LogP contribution in [0.2, 0.25) is 0 Å². The summed E-state index contributed by atoms with van der Waals surface area (Å²) >= 11 is 0. The third-order valence-electron chi connectivity index (χ3n) is 5.49. The van der Waals surface area contributed by atoms with E-state index in [4.69, 9.17) is 4.74 Å². The molecule has 1 saturated heterocycles. The maximum absolute atomic E-state index is 13.1. The molecule has 1 aliphatic heterocycles. The summed E-state index contributed by atoms with van der Waals surface area (Å²) in [5, 5.41) is 9.89. The van der Waals surface area contributed by atoms with Gasteiger partial charge in [-0.25, -0.2) is 4.39 Å². The van der Waals surface area contributed by atoms with E-state index in [9.17, 15) is 14.0 Å². The van der Waals surface area contributed by atoms with Crippen molar-refractivity contribution in [3.63, 3.8) is 0 Å². The predicted molar refractivity (Wildman–Crippen MR) is 118 cm³/mol. The van der Waals surface area contributed by atoms with Gasteiger partial charge < -0.3 is 15.0 Å². The van der Waals surface area contributed by atoms with E-state index in [1.165, 1.54) is 12.1 Å². The lowest BCUT2D eigenvalue weighted by Gasteiger charge is -2.32. The molecule has 3 aromatic rings. The molecule has 0 bridgehead atoms. The molecule has 0 spiro atoms. The van der Waals surface area contributed by atoms with Crippen LogP contribution in [-0.4, -0.2) is 52.6 Å². The molecule has 0 atom stereocenters. The number of hydrogen-bond donors (Lipinski definition) is 2. The van der Waals surface area contributed by atoms with Crippen LogP contribution in [0.4, 0.5) is 4.39 Å². The molecule has 166 valence electrons. The molecule has 2 heterocycles. The molecule has 1 aliphatic rings. The Kier molecular flexibility index (Phi) is 6.49. The van der Waals surface area contributed by atoms with E-state index in [0.29, 0.717) is 49.5 Å². The standard InChI is InChI=1S/C24H25FN4O3/c1-2-32-20-9-5-17(6-10-20)24(31)29-13-11-19(12-14-29)26-23(30)22-15-21(27-28-22)16-3-7-18(25)8-4-16/h3-10,15,19H,2,11-14H2,1H3,(H,26,30)(H,27,28). The number of aromatic amines is 1. The first-order valence-electron chi connectivity index (χ1n) is 10.7.